The maximum absolute atomic E-state index is 11.7. The van der Waals surface area contributed by atoms with Crippen LogP contribution < -0.4 is 5.73 Å². The first kappa shape index (κ1) is 11.9. The highest BCUT2D eigenvalue weighted by Gasteiger charge is 2.24. The second-order valence-electron chi connectivity index (χ2n) is 4.79. The maximum atomic E-state index is 11.7. The van der Waals surface area contributed by atoms with Gasteiger partial charge in [-0.2, -0.15) is 0 Å². The standard InChI is InChI=1S/C10H20N2OS/c1-10(2,3)14-7-9(13)12-5-4-8(11)6-12/h8H,4-7,11H2,1-3H3/t8-/m1/s1. The first-order valence-electron chi connectivity index (χ1n) is 5.06. The molecule has 2 N–H and O–H groups in total. The Morgan fingerprint density at radius 3 is 2.64 bits per heavy atom. The van der Waals surface area contributed by atoms with E-state index in [2.05, 4.69) is 20.8 Å². The smallest absolute Gasteiger partial charge is 0.232 e. The molecule has 0 aromatic rings. The number of hydrogen-bond donors (Lipinski definition) is 1. The predicted octanol–water partition coefficient (Wildman–Crippen LogP) is 1.08. The second kappa shape index (κ2) is 4.53. The zero-order valence-electron chi connectivity index (χ0n) is 9.25. The molecule has 3 nitrogen and oxygen atoms in total. The van der Waals surface area contributed by atoms with Gasteiger partial charge >= 0.3 is 0 Å². The van der Waals surface area contributed by atoms with Crippen LogP contribution in [0.4, 0.5) is 0 Å². The number of rotatable bonds is 2. The summed E-state index contributed by atoms with van der Waals surface area (Å²) in [7, 11) is 0. The van der Waals surface area contributed by atoms with E-state index in [0.717, 1.165) is 19.5 Å². The fourth-order valence-electron chi connectivity index (χ4n) is 1.38. The molecule has 0 unspecified atom stereocenters. The SMILES string of the molecule is CC(C)(C)SCC(=O)N1CC[C@@H](N)C1. The number of thioether (sulfide) groups is 1. The van der Waals surface area contributed by atoms with Crippen molar-refractivity contribution in [3.8, 4) is 0 Å². The van der Waals surface area contributed by atoms with E-state index >= 15 is 0 Å². The Labute approximate surface area is 90.4 Å². The predicted molar refractivity (Wildman–Crippen MR) is 61.4 cm³/mol. The summed E-state index contributed by atoms with van der Waals surface area (Å²) in [4.78, 5) is 13.6. The summed E-state index contributed by atoms with van der Waals surface area (Å²) in [5, 5.41) is 0. The average molecular weight is 216 g/mol. The Bertz CT molecular complexity index is 213. The first-order valence-corrected chi connectivity index (χ1v) is 6.04. The largest absolute Gasteiger partial charge is 0.340 e. The van der Waals surface area contributed by atoms with Crippen LogP contribution in [-0.4, -0.2) is 40.4 Å². The van der Waals surface area contributed by atoms with Crippen molar-refractivity contribution >= 4 is 17.7 Å². The molecule has 1 atom stereocenters. The molecule has 0 radical (unpaired) electrons. The molecule has 1 amide bonds. The molecule has 0 aliphatic carbocycles. The average Bonchev–Trinajstić information content (AvgIpc) is 2.46. The Balaban J connectivity index is 2.29. The summed E-state index contributed by atoms with van der Waals surface area (Å²) >= 11 is 1.70. The molecule has 0 saturated carbocycles. The lowest BCUT2D eigenvalue weighted by Crippen LogP contribution is -2.33. The third kappa shape index (κ3) is 3.88. The van der Waals surface area contributed by atoms with Crippen LogP contribution >= 0.6 is 11.8 Å². The van der Waals surface area contributed by atoms with E-state index in [4.69, 9.17) is 5.73 Å². The van der Waals surface area contributed by atoms with Crippen molar-refractivity contribution in [3.05, 3.63) is 0 Å². The molecule has 0 bridgehead atoms. The van der Waals surface area contributed by atoms with E-state index in [1.54, 1.807) is 11.8 Å². The molecular weight excluding hydrogens is 196 g/mol. The molecule has 82 valence electrons. The minimum atomic E-state index is 0.164. The van der Waals surface area contributed by atoms with E-state index in [9.17, 15) is 4.79 Å². The second-order valence-corrected chi connectivity index (χ2v) is 6.59. The summed E-state index contributed by atoms with van der Waals surface area (Å²) in [5.41, 5.74) is 5.74. The van der Waals surface area contributed by atoms with Crippen LogP contribution in [0, 0.1) is 0 Å². The summed E-state index contributed by atoms with van der Waals surface area (Å²) < 4.78 is 0.164. The Hall–Kier alpha value is -0.220. The van der Waals surface area contributed by atoms with Gasteiger partial charge in [0.2, 0.25) is 5.91 Å². The van der Waals surface area contributed by atoms with Crippen molar-refractivity contribution in [1.82, 2.24) is 4.90 Å². The molecule has 1 aliphatic heterocycles. The molecule has 1 saturated heterocycles. The molecule has 4 heteroatoms. The van der Waals surface area contributed by atoms with Crippen molar-refractivity contribution in [2.45, 2.75) is 38.0 Å². The monoisotopic (exact) mass is 216 g/mol. The van der Waals surface area contributed by atoms with Crippen molar-refractivity contribution in [2.24, 2.45) is 5.73 Å². The molecule has 1 aliphatic rings. The van der Waals surface area contributed by atoms with E-state index < -0.39 is 0 Å². The molecule has 0 aromatic carbocycles. The van der Waals surface area contributed by atoms with Crippen LogP contribution in [0.15, 0.2) is 0 Å². The van der Waals surface area contributed by atoms with Crippen molar-refractivity contribution in [1.29, 1.82) is 0 Å². The maximum Gasteiger partial charge on any atom is 0.232 e. The molecular formula is C10H20N2OS. The van der Waals surface area contributed by atoms with Gasteiger partial charge in [-0.05, 0) is 6.42 Å². The minimum Gasteiger partial charge on any atom is -0.340 e. The van der Waals surface area contributed by atoms with Gasteiger partial charge in [-0.15, -0.1) is 11.8 Å². The van der Waals surface area contributed by atoms with Crippen molar-refractivity contribution in [2.75, 3.05) is 18.8 Å². The summed E-state index contributed by atoms with van der Waals surface area (Å²) in [6, 6.07) is 0.193. The van der Waals surface area contributed by atoms with Gasteiger partial charge in [0.1, 0.15) is 0 Å². The van der Waals surface area contributed by atoms with E-state index in [1.165, 1.54) is 0 Å². The van der Waals surface area contributed by atoms with Gasteiger partial charge in [0.15, 0.2) is 0 Å². The number of carbonyl (C=O) groups is 1. The van der Waals surface area contributed by atoms with E-state index in [1.807, 2.05) is 4.90 Å². The van der Waals surface area contributed by atoms with Crippen LogP contribution in [0.5, 0.6) is 0 Å². The highest BCUT2D eigenvalue weighted by atomic mass is 32.2. The Morgan fingerprint density at radius 1 is 1.57 bits per heavy atom. The highest BCUT2D eigenvalue weighted by molar-refractivity contribution is 8.01. The quantitative estimate of drug-likeness (QED) is 0.751. The third-order valence-corrected chi connectivity index (χ3v) is 3.46. The lowest BCUT2D eigenvalue weighted by atomic mass is 10.3. The number of nitrogens with two attached hydrogens (primary N) is 1. The number of amides is 1. The Kier molecular flexibility index (Phi) is 3.84. The van der Waals surface area contributed by atoms with Crippen LogP contribution in [0.1, 0.15) is 27.2 Å². The summed E-state index contributed by atoms with van der Waals surface area (Å²) in [5.74, 6) is 0.814. The molecule has 14 heavy (non-hydrogen) atoms. The first-order chi connectivity index (χ1) is 6.38. The number of likely N-dealkylation sites (tertiary alicyclic amines) is 1. The van der Waals surface area contributed by atoms with Gasteiger partial charge < -0.3 is 10.6 Å². The summed E-state index contributed by atoms with van der Waals surface area (Å²) in [6.07, 6.45) is 0.950. The molecule has 1 fully saturated rings. The van der Waals surface area contributed by atoms with Crippen LogP contribution in [0.3, 0.4) is 0 Å². The van der Waals surface area contributed by atoms with Crippen LogP contribution in [0.25, 0.3) is 0 Å². The number of hydrogen-bond acceptors (Lipinski definition) is 3. The van der Waals surface area contributed by atoms with Gasteiger partial charge in [0.25, 0.3) is 0 Å². The highest BCUT2D eigenvalue weighted by Crippen LogP contribution is 2.23. The van der Waals surface area contributed by atoms with Crippen molar-refractivity contribution < 1.29 is 4.79 Å². The Morgan fingerprint density at radius 2 is 2.21 bits per heavy atom. The molecule has 1 rings (SSSR count). The van der Waals surface area contributed by atoms with E-state index in [-0.39, 0.29) is 16.7 Å². The van der Waals surface area contributed by atoms with Gasteiger partial charge in [0, 0.05) is 23.9 Å². The molecule has 0 aromatic heterocycles. The van der Waals surface area contributed by atoms with Crippen molar-refractivity contribution in [3.63, 3.8) is 0 Å². The lowest BCUT2D eigenvalue weighted by molar-refractivity contribution is -0.127. The van der Waals surface area contributed by atoms with Gasteiger partial charge in [-0.25, -0.2) is 0 Å². The van der Waals surface area contributed by atoms with Gasteiger partial charge in [-0.1, -0.05) is 20.8 Å². The number of carbonyl (C=O) groups excluding carboxylic acids is 1. The van der Waals surface area contributed by atoms with Crippen LogP contribution in [0.2, 0.25) is 0 Å². The minimum absolute atomic E-state index is 0.164. The third-order valence-electron chi connectivity index (χ3n) is 2.21. The van der Waals surface area contributed by atoms with Crippen LogP contribution in [-0.2, 0) is 4.79 Å². The zero-order chi connectivity index (χ0) is 10.8. The zero-order valence-corrected chi connectivity index (χ0v) is 10.1. The van der Waals surface area contributed by atoms with Gasteiger partial charge in [-0.3, -0.25) is 4.79 Å². The van der Waals surface area contributed by atoms with Gasteiger partial charge in [0.05, 0.1) is 5.75 Å². The van der Waals surface area contributed by atoms with E-state index in [0.29, 0.717) is 5.75 Å². The number of nitrogens with zero attached hydrogens (tertiary/aromatic N) is 1. The molecule has 0 spiro atoms. The fourth-order valence-corrected chi connectivity index (χ4v) is 2.12. The summed E-state index contributed by atoms with van der Waals surface area (Å²) in [6.45, 7) is 7.95. The fraction of sp³-hybridized carbons (Fsp3) is 0.900. The lowest BCUT2D eigenvalue weighted by Gasteiger charge is -2.20. The molecule has 1 heterocycles. The topological polar surface area (TPSA) is 46.3 Å². The normalized spacial score (nSPS) is 22.9.